The van der Waals surface area contributed by atoms with E-state index >= 15 is 0 Å². The fourth-order valence-corrected chi connectivity index (χ4v) is 7.22. The van der Waals surface area contributed by atoms with Crippen LogP contribution in [0.4, 0.5) is 0 Å². The first-order valence-electron chi connectivity index (χ1n) is 14.5. The van der Waals surface area contributed by atoms with Gasteiger partial charge in [-0.3, -0.25) is 0 Å². The molecule has 0 saturated carbocycles. The number of nitrogens with zero attached hydrogens (tertiary/aromatic N) is 3. The van der Waals surface area contributed by atoms with Crippen molar-refractivity contribution < 1.29 is 9.15 Å². The minimum atomic E-state index is -0.292. The minimum absolute atomic E-state index is 0.0285. The lowest BCUT2D eigenvalue weighted by molar-refractivity contribution is 0.193. The molecule has 2 atom stereocenters. The number of furan rings is 1. The SMILES string of the molecule is N#Cc1ccc2oc3c(c2c1)C=CC1c2cc(-c4c(C#N)cccc4-n4c5c(c6ccccc64)CCC=C5)ccc2OC31. The molecule has 0 fully saturated rings. The maximum atomic E-state index is 10.3. The molecule has 0 saturated heterocycles. The van der Waals surface area contributed by atoms with Gasteiger partial charge in [-0.2, -0.15) is 10.5 Å². The number of para-hydroxylation sites is 1. The molecule has 2 unspecified atom stereocenters. The molecule has 9 rings (SSSR count). The van der Waals surface area contributed by atoms with Crippen molar-refractivity contribution in [3.63, 3.8) is 0 Å². The number of nitriles is 2. The van der Waals surface area contributed by atoms with Crippen molar-refractivity contribution in [3.05, 3.63) is 130 Å². The number of aromatic nitrogens is 1. The van der Waals surface area contributed by atoms with E-state index in [2.05, 4.69) is 83.5 Å². The van der Waals surface area contributed by atoms with Gasteiger partial charge in [0.25, 0.3) is 0 Å². The lowest BCUT2D eigenvalue weighted by Gasteiger charge is -2.19. The van der Waals surface area contributed by atoms with Crippen LogP contribution >= 0.6 is 0 Å². The van der Waals surface area contributed by atoms with Crippen molar-refractivity contribution in [3.8, 4) is 34.7 Å². The molecule has 0 bridgehead atoms. The quantitative estimate of drug-likeness (QED) is 0.214. The summed E-state index contributed by atoms with van der Waals surface area (Å²) in [4.78, 5) is 0. The molecular formula is C38H23N3O2. The highest BCUT2D eigenvalue weighted by molar-refractivity contribution is 5.94. The summed E-state index contributed by atoms with van der Waals surface area (Å²) in [6.45, 7) is 0. The lowest BCUT2D eigenvalue weighted by Crippen LogP contribution is -2.11. The van der Waals surface area contributed by atoms with Gasteiger partial charge in [0.15, 0.2) is 11.9 Å². The number of benzene rings is 4. The van der Waals surface area contributed by atoms with Crippen LogP contribution in [0, 0.1) is 22.7 Å². The molecule has 0 amide bonds. The van der Waals surface area contributed by atoms with Crippen LogP contribution in [0.25, 0.3) is 50.8 Å². The Morgan fingerprint density at radius 2 is 1.79 bits per heavy atom. The molecule has 5 nitrogen and oxygen atoms in total. The number of hydrogen-bond donors (Lipinski definition) is 0. The summed E-state index contributed by atoms with van der Waals surface area (Å²) in [5.74, 6) is 1.57. The molecule has 0 spiro atoms. The molecule has 5 heteroatoms. The standard InChI is InChI=1S/C38H23N3O2/c39-20-22-12-16-34-29(18-22)27-14-15-28-30-19-23(13-17-35(30)43-38(28)37(27)42-34)36-24(21-40)6-5-11-33(36)41-31-9-3-1-7-25(31)26-8-2-4-10-32(26)41/h1,3-7,9-19,28,38H,2,8H2. The van der Waals surface area contributed by atoms with Crippen LogP contribution in [0.1, 0.15) is 57.7 Å². The Kier molecular flexibility index (Phi) is 4.92. The summed E-state index contributed by atoms with van der Waals surface area (Å²) < 4.78 is 15.1. The van der Waals surface area contributed by atoms with Crippen LogP contribution in [0.15, 0.2) is 95.4 Å². The molecule has 4 aromatic carbocycles. The second-order valence-corrected chi connectivity index (χ2v) is 11.3. The summed E-state index contributed by atoms with van der Waals surface area (Å²) in [6.07, 6.45) is 10.5. The van der Waals surface area contributed by atoms with Gasteiger partial charge >= 0.3 is 0 Å². The molecule has 0 N–H and O–H groups in total. The average Bonchev–Trinajstić information content (AvgIpc) is 3.73. The Hall–Kier alpha value is -5.78. The second kappa shape index (κ2) is 8.86. The summed E-state index contributed by atoms with van der Waals surface area (Å²) in [5.41, 5.74) is 10.6. The monoisotopic (exact) mass is 553 g/mol. The van der Waals surface area contributed by atoms with E-state index < -0.39 is 0 Å². The van der Waals surface area contributed by atoms with Crippen molar-refractivity contribution in [2.24, 2.45) is 0 Å². The van der Waals surface area contributed by atoms with E-state index in [4.69, 9.17) is 9.15 Å². The molecule has 6 aromatic rings. The zero-order chi connectivity index (χ0) is 28.7. The predicted molar refractivity (Wildman–Crippen MR) is 167 cm³/mol. The molecule has 1 aliphatic heterocycles. The number of rotatable bonds is 2. The van der Waals surface area contributed by atoms with E-state index in [1.54, 1.807) is 6.07 Å². The number of fused-ring (bicyclic) bond motifs is 10. The highest BCUT2D eigenvalue weighted by atomic mass is 16.5. The third-order valence-electron chi connectivity index (χ3n) is 9.11. The molecular weight excluding hydrogens is 530 g/mol. The van der Waals surface area contributed by atoms with Gasteiger partial charge in [-0.05, 0) is 78.6 Å². The fraction of sp³-hybridized carbons (Fsp3) is 0.105. The van der Waals surface area contributed by atoms with Gasteiger partial charge in [-0.25, -0.2) is 0 Å². The number of ether oxygens (including phenoxy) is 1. The normalized spacial score (nSPS) is 17.5. The summed E-state index contributed by atoms with van der Waals surface area (Å²) in [5, 5.41) is 21.9. The summed E-state index contributed by atoms with van der Waals surface area (Å²) >= 11 is 0. The topological polar surface area (TPSA) is 74.9 Å². The van der Waals surface area contributed by atoms with Crippen LogP contribution in [0.3, 0.4) is 0 Å². The molecule has 0 radical (unpaired) electrons. The van der Waals surface area contributed by atoms with Gasteiger partial charge in [-0.15, -0.1) is 0 Å². The number of aryl methyl sites for hydroxylation is 1. The fourth-order valence-electron chi connectivity index (χ4n) is 7.22. The van der Waals surface area contributed by atoms with Gasteiger partial charge < -0.3 is 13.7 Å². The van der Waals surface area contributed by atoms with Crippen LogP contribution in [0.5, 0.6) is 5.75 Å². The average molecular weight is 554 g/mol. The van der Waals surface area contributed by atoms with Gasteiger partial charge in [0.2, 0.25) is 0 Å². The minimum Gasteiger partial charge on any atom is -0.481 e. The van der Waals surface area contributed by atoms with Gasteiger partial charge in [0.1, 0.15) is 11.3 Å². The highest BCUT2D eigenvalue weighted by Gasteiger charge is 2.40. The third-order valence-corrected chi connectivity index (χ3v) is 9.11. The number of hydrogen-bond acceptors (Lipinski definition) is 4. The van der Waals surface area contributed by atoms with E-state index in [1.165, 1.54) is 16.6 Å². The van der Waals surface area contributed by atoms with Crippen molar-refractivity contribution in [2.45, 2.75) is 24.9 Å². The predicted octanol–water partition coefficient (Wildman–Crippen LogP) is 8.99. The zero-order valence-corrected chi connectivity index (χ0v) is 23.0. The van der Waals surface area contributed by atoms with Crippen LogP contribution in [0.2, 0.25) is 0 Å². The van der Waals surface area contributed by atoms with E-state index in [0.29, 0.717) is 11.1 Å². The Bertz CT molecular complexity index is 2320. The molecule has 202 valence electrons. The first kappa shape index (κ1) is 23.9. The van der Waals surface area contributed by atoms with E-state index in [0.717, 1.165) is 68.8 Å². The van der Waals surface area contributed by atoms with Crippen molar-refractivity contribution >= 4 is 34.0 Å². The molecule has 43 heavy (non-hydrogen) atoms. The van der Waals surface area contributed by atoms with E-state index in [-0.39, 0.29) is 12.0 Å². The largest absolute Gasteiger partial charge is 0.481 e. The molecule has 2 aliphatic carbocycles. The van der Waals surface area contributed by atoms with Gasteiger partial charge in [0, 0.05) is 33.2 Å². The van der Waals surface area contributed by atoms with Crippen LogP contribution < -0.4 is 4.74 Å². The lowest BCUT2D eigenvalue weighted by atomic mass is 9.86. The summed E-state index contributed by atoms with van der Waals surface area (Å²) in [7, 11) is 0. The van der Waals surface area contributed by atoms with Gasteiger partial charge in [0.05, 0.1) is 40.4 Å². The van der Waals surface area contributed by atoms with Crippen molar-refractivity contribution in [2.75, 3.05) is 0 Å². The molecule has 3 aliphatic rings. The van der Waals surface area contributed by atoms with Crippen LogP contribution in [-0.2, 0) is 6.42 Å². The third kappa shape index (κ3) is 3.31. The highest BCUT2D eigenvalue weighted by Crippen LogP contribution is 2.53. The Balaban J connectivity index is 1.21. The zero-order valence-electron chi connectivity index (χ0n) is 23.0. The second-order valence-electron chi connectivity index (χ2n) is 11.3. The van der Waals surface area contributed by atoms with E-state index in [9.17, 15) is 10.5 Å². The first-order valence-corrected chi connectivity index (χ1v) is 14.5. The van der Waals surface area contributed by atoms with Gasteiger partial charge in [-0.1, -0.05) is 48.6 Å². The Morgan fingerprint density at radius 1 is 0.860 bits per heavy atom. The maximum absolute atomic E-state index is 10.3. The van der Waals surface area contributed by atoms with Crippen LogP contribution in [-0.4, -0.2) is 4.57 Å². The first-order chi connectivity index (χ1) is 21.2. The Labute approximate surface area is 247 Å². The van der Waals surface area contributed by atoms with E-state index in [1.807, 2.05) is 30.3 Å². The smallest absolute Gasteiger partial charge is 0.167 e. The molecule has 3 heterocycles. The summed E-state index contributed by atoms with van der Waals surface area (Å²) in [6, 6.07) is 31.0. The van der Waals surface area contributed by atoms with Crippen molar-refractivity contribution in [1.82, 2.24) is 4.57 Å². The van der Waals surface area contributed by atoms with Crippen molar-refractivity contribution in [1.29, 1.82) is 10.5 Å². The number of allylic oxidation sites excluding steroid dienone is 1. The Morgan fingerprint density at radius 3 is 2.70 bits per heavy atom. The maximum Gasteiger partial charge on any atom is 0.167 e. The molecule has 2 aromatic heterocycles.